The second-order valence-electron chi connectivity index (χ2n) is 5.15. The second-order valence-corrected chi connectivity index (χ2v) is 5.15. The van der Waals surface area contributed by atoms with Crippen molar-refractivity contribution >= 4 is 6.03 Å². The van der Waals surface area contributed by atoms with Crippen molar-refractivity contribution in [1.82, 2.24) is 10.6 Å². The third-order valence-corrected chi connectivity index (χ3v) is 3.44. The Morgan fingerprint density at radius 1 is 0.955 bits per heavy atom. The molecule has 4 nitrogen and oxygen atoms in total. The van der Waals surface area contributed by atoms with Gasteiger partial charge in [-0.3, -0.25) is 0 Å². The van der Waals surface area contributed by atoms with Gasteiger partial charge in [-0.2, -0.15) is 0 Å². The molecule has 0 aliphatic heterocycles. The average molecular weight is 298 g/mol. The van der Waals surface area contributed by atoms with Crippen LogP contribution in [-0.2, 0) is 6.54 Å². The molecule has 0 fully saturated rings. The minimum atomic E-state index is -0.184. The highest BCUT2D eigenvalue weighted by molar-refractivity contribution is 5.73. The standard InChI is InChI=1S/C18H22N2O2/c1-14-7-3-5-9-16(14)13-20-18(21)19-11-12-22-17-10-6-4-8-15(17)2/h3-10H,11-13H2,1-2H3,(H2,19,20,21). The Hall–Kier alpha value is -2.49. The van der Waals surface area contributed by atoms with E-state index >= 15 is 0 Å². The smallest absolute Gasteiger partial charge is 0.315 e. The predicted molar refractivity (Wildman–Crippen MR) is 88.1 cm³/mol. The molecule has 2 rings (SSSR count). The van der Waals surface area contributed by atoms with E-state index < -0.39 is 0 Å². The molecule has 116 valence electrons. The molecule has 0 radical (unpaired) electrons. The van der Waals surface area contributed by atoms with Gasteiger partial charge in [-0.1, -0.05) is 42.5 Å². The van der Waals surface area contributed by atoms with Gasteiger partial charge in [0.15, 0.2) is 0 Å². The number of ether oxygens (including phenoxy) is 1. The molecule has 22 heavy (non-hydrogen) atoms. The molecule has 2 aromatic carbocycles. The summed E-state index contributed by atoms with van der Waals surface area (Å²) in [6.45, 7) is 5.47. The molecule has 0 heterocycles. The van der Waals surface area contributed by atoms with Crippen molar-refractivity contribution in [2.24, 2.45) is 0 Å². The summed E-state index contributed by atoms with van der Waals surface area (Å²) in [6.07, 6.45) is 0. The van der Waals surface area contributed by atoms with Crippen molar-refractivity contribution in [2.45, 2.75) is 20.4 Å². The van der Waals surface area contributed by atoms with Crippen molar-refractivity contribution in [3.05, 3.63) is 65.2 Å². The summed E-state index contributed by atoms with van der Waals surface area (Å²) in [5, 5.41) is 5.63. The Morgan fingerprint density at radius 2 is 1.64 bits per heavy atom. The summed E-state index contributed by atoms with van der Waals surface area (Å²) in [7, 11) is 0. The zero-order valence-electron chi connectivity index (χ0n) is 13.1. The van der Waals surface area contributed by atoms with Gasteiger partial charge in [-0.25, -0.2) is 4.79 Å². The molecule has 0 aromatic heterocycles. The van der Waals surface area contributed by atoms with Crippen molar-refractivity contribution in [2.75, 3.05) is 13.2 Å². The molecule has 0 spiro atoms. The highest BCUT2D eigenvalue weighted by atomic mass is 16.5. The van der Waals surface area contributed by atoms with Crippen LogP contribution in [-0.4, -0.2) is 19.2 Å². The van der Waals surface area contributed by atoms with E-state index in [0.29, 0.717) is 19.7 Å². The topological polar surface area (TPSA) is 50.4 Å². The summed E-state index contributed by atoms with van der Waals surface area (Å²) in [5.41, 5.74) is 3.38. The molecular weight excluding hydrogens is 276 g/mol. The highest BCUT2D eigenvalue weighted by Crippen LogP contribution is 2.15. The van der Waals surface area contributed by atoms with E-state index in [4.69, 9.17) is 4.74 Å². The molecule has 0 saturated heterocycles. The van der Waals surface area contributed by atoms with Gasteiger partial charge >= 0.3 is 6.03 Å². The number of carbonyl (C=O) groups excluding carboxylic acids is 1. The van der Waals surface area contributed by atoms with Crippen molar-refractivity contribution < 1.29 is 9.53 Å². The summed E-state index contributed by atoms with van der Waals surface area (Å²) >= 11 is 0. The van der Waals surface area contributed by atoms with E-state index in [2.05, 4.69) is 10.6 Å². The number of benzene rings is 2. The minimum absolute atomic E-state index is 0.184. The van der Waals surface area contributed by atoms with Gasteiger partial charge in [0.1, 0.15) is 12.4 Å². The molecule has 0 unspecified atom stereocenters. The molecule has 2 aromatic rings. The lowest BCUT2D eigenvalue weighted by atomic mass is 10.1. The van der Waals surface area contributed by atoms with E-state index in [0.717, 1.165) is 16.9 Å². The van der Waals surface area contributed by atoms with Crippen LogP contribution in [0.3, 0.4) is 0 Å². The number of carbonyl (C=O) groups is 1. The Bertz CT molecular complexity index is 626. The zero-order valence-corrected chi connectivity index (χ0v) is 13.1. The van der Waals surface area contributed by atoms with Gasteiger partial charge in [-0.15, -0.1) is 0 Å². The maximum Gasteiger partial charge on any atom is 0.315 e. The van der Waals surface area contributed by atoms with E-state index in [1.54, 1.807) is 0 Å². The van der Waals surface area contributed by atoms with Gasteiger partial charge < -0.3 is 15.4 Å². The Balaban J connectivity index is 1.66. The Labute approximate surface area is 131 Å². The Kier molecular flexibility index (Phi) is 5.83. The van der Waals surface area contributed by atoms with E-state index in [-0.39, 0.29) is 6.03 Å². The lowest BCUT2D eigenvalue weighted by molar-refractivity contribution is 0.236. The zero-order chi connectivity index (χ0) is 15.8. The first kappa shape index (κ1) is 15.9. The number of hydrogen-bond acceptors (Lipinski definition) is 2. The molecular formula is C18H22N2O2. The van der Waals surface area contributed by atoms with Crippen molar-refractivity contribution in [3.8, 4) is 5.75 Å². The summed E-state index contributed by atoms with van der Waals surface area (Å²) in [4.78, 5) is 11.7. The lowest BCUT2D eigenvalue weighted by Gasteiger charge is -2.11. The summed E-state index contributed by atoms with van der Waals surface area (Å²) in [5.74, 6) is 0.851. The van der Waals surface area contributed by atoms with E-state index in [1.165, 1.54) is 5.56 Å². The number of para-hydroxylation sites is 1. The number of nitrogens with one attached hydrogen (secondary N) is 2. The molecule has 0 saturated carbocycles. The van der Waals surface area contributed by atoms with Crippen LogP contribution in [0.5, 0.6) is 5.75 Å². The van der Waals surface area contributed by atoms with Gasteiger partial charge in [-0.05, 0) is 36.6 Å². The molecule has 2 N–H and O–H groups in total. The fraction of sp³-hybridized carbons (Fsp3) is 0.278. The van der Waals surface area contributed by atoms with Gasteiger partial charge in [0.05, 0.1) is 6.54 Å². The van der Waals surface area contributed by atoms with Crippen molar-refractivity contribution in [3.63, 3.8) is 0 Å². The first-order valence-corrected chi connectivity index (χ1v) is 7.41. The third-order valence-electron chi connectivity index (χ3n) is 3.44. The summed E-state index contributed by atoms with van der Waals surface area (Å²) < 4.78 is 5.63. The fourth-order valence-electron chi connectivity index (χ4n) is 2.09. The van der Waals surface area contributed by atoms with Crippen LogP contribution in [0.25, 0.3) is 0 Å². The van der Waals surface area contributed by atoms with E-state index in [9.17, 15) is 4.79 Å². The molecule has 2 amide bonds. The number of hydrogen-bond donors (Lipinski definition) is 2. The molecule has 4 heteroatoms. The second kappa shape index (κ2) is 8.08. The van der Waals surface area contributed by atoms with Crippen LogP contribution in [0, 0.1) is 13.8 Å². The van der Waals surface area contributed by atoms with Gasteiger partial charge in [0.25, 0.3) is 0 Å². The first-order valence-electron chi connectivity index (χ1n) is 7.41. The van der Waals surface area contributed by atoms with Crippen LogP contribution < -0.4 is 15.4 Å². The normalized spacial score (nSPS) is 10.1. The van der Waals surface area contributed by atoms with Crippen LogP contribution in [0.1, 0.15) is 16.7 Å². The van der Waals surface area contributed by atoms with Gasteiger partial charge in [0, 0.05) is 6.54 Å². The number of amides is 2. The lowest BCUT2D eigenvalue weighted by Crippen LogP contribution is -2.37. The fourth-order valence-corrected chi connectivity index (χ4v) is 2.09. The number of urea groups is 1. The molecule has 0 aliphatic rings. The van der Waals surface area contributed by atoms with Gasteiger partial charge in [0.2, 0.25) is 0 Å². The molecule has 0 aliphatic carbocycles. The molecule has 0 atom stereocenters. The highest BCUT2D eigenvalue weighted by Gasteiger charge is 2.02. The maximum absolute atomic E-state index is 11.7. The van der Waals surface area contributed by atoms with Crippen LogP contribution >= 0.6 is 0 Å². The quantitative estimate of drug-likeness (QED) is 0.805. The van der Waals surface area contributed by atoms with E-state index in [1.807, 2.05) is 62.4 Å². The number of rotatable bonds is 6. The predicted octanol–water partition coefficient (Wildman–Crippen LogP) is 3.18. The monoisotopic (exact) mass is 298 g/mol. The van der Waals surface area contributed by atoms with Crippen LogP contribution in [0.15, 0.2) is 48.5 Å². The Morgan fingerprint density at radius 3 is 2.36 bits per heavy atom. The van der Waals surface area contributed by atoms with Crippen LogP contribution in [0.4, 0.5) is 4.79 Å². The average Bonchev–Trinajstić information content (AvgIpc) is 2.52. The third kappa shape index (κ3) is 4.81. The SMILES string of the molecule is Cc1ccccc1CNC(=O)NCCOc1ccccc1C. The first-order chi connectivity index (χ1) is 10.7. The largest absolute Gasteiger partial charge is 0.491 e. The summed E-state index contributed by atoms with van der Waals surface area (Å²) in [6, 6.07) is 15.6. The van der Waals surface area contributed by atoms with Crippen LogP contribution in [0.2, 0.25) is 0 Å². The number of aryl methyl sites for hydroxylation is 2. The molecule has 0 bridgehead atoms. The minimum Gasteiger partial charge on any atom is -0.491 e. The maximum atomic E-state index is 11.7. The van der Waals surface area contributed by atoms with Crippen molar-refractivity contribution in [1.29, 1.82) is 0 Å².